The summed E-state index contributed by atoms with van der Waals surface area (Å²) in [5.41, 5.74) is 9.59. The maximum absolute atomic E-state index is 5.95. The average Bonchev–Trinajstić information content (AvgIpc) is 1.62. The highest BCUT2D eigenvalue weighted by Gasteiger charge is 2.16. The quantitative estimate of drug-likeness (QED) is 0.0326. The van der Waals surface area contributed by atoms with Crippen LogP contribution in [0.2, 0.25) is 0 Å². The standard InChI is InChI=1S/C36H30O2S2.C26H26O2S2.C24H18O2S2.C22H18O2S2.10H2/c1-3-5-7-9-11-13-27-37-31-19-15-29(16-20-31)33-23-25-35(39-33)36-26-24-34(40-36)30-17-21-32(22-18-30)38-28-14-12-10-8-6-4-2;1-17(2)27-21-9-5-19(6-10-21)23-13-15-25(29-23)26-16-14-24(30-26)20-7-11-22(12-8-20)28-18(3)4;1-3-25-19-9-5-17(6-10-19)21-13-15-23(27-21)24-16-14-22(28-24)18-7-11-20(12-8-18)26-4-2;1-23-17-7-3-15(4-8-17)19-11-13-21(25-19)22-14-12-20(26-22)16-5-9-18(24-2)10-6-16;;;;;;;;;;/h1,15-26H,4,6,8,10,12,14,28H2,2H3;5-18H,1-4H3;1,5-16H,4H2,2H3;3-14H,1-2H3;10*1H. The summed E-state index contributed by atoms with van der Waals surface area (Å²) in [6.07, 6.45) is 23.0. The van der Waals surface area contributed by atoms with E-state index < -0.39 is 0 Å². The summed E-state index contributed by atoms with van der Waals surface area (Å²) in [6, 6.07) is 101. The lowest BCUT2D eigenvalue weighted by atomic mass is 10.1. The second-order valence-electron chi connectivity index (χ2n) is 28.5. The number of methoxy groups -OCH3 is 2. The molecule has 0 aliphatic rings. The van der Waals surface area contributed by atoms with Crippen molar-refractivity contribution in [1.82, 2.24) is 0 Å². The minimum Gasteiger partial charge on any atom is -0.497 e. The van der Waals surface area contributed by atoms with Crippen LogP contribution in [0, 0.1) is 60.6 Å². The third-order valence-electron chi connectivity index (χ3n) is 18.9. The Morgan fingerprint density at radius 1 is 0.258 bits per heavy atom. The summed E-state index contributed by atoms with van der Waals surface area (Å²) in [7, 11) is 3.38. The van der Waals surface area contributed by atoms with Gasteiger partial charge in [-0.25, -0.2) is 0 Å². The molecule has 0 bridgehead atoms. The molecule has 0 atom stereocenters. The number of hydrogen-bond acceptors (Lipinski definition) is 16. The molecule has 0 saturated carbocycles. The van der Waals surface area contributed by atoms with E-state index in [0.29, 0.717) is 18.1 Å². The number of terminal acetylenes is 2. The molecule has 0 amide bonds. The molecule has 8 nitrogen and oxygen atoms in total. The van der Waals surface area contributed by atoms with Crippen LogP contribution in [-0.2, 0) is 0 Å². The lowest BCUT2D eigenvalue weighted by molar-refractivity contribution is 0.242. The Balaban J connectivity index is 0.000000454. The van der Waals surface area contributed by atoms with Gasteiger partial charge in [0.2, 0.25) is 0 Å². The molecule has 0 aliphatic carbocycles. The SMILES string of the molecule is C#CC#CC#CC#COc1ccc(-c2ccc(-c3ccc(-c4ccc(OCCCCCCCC)cc4)s3)s2)cc1.C#COc1ccc(-c2ccc(-c3ccc(-c4ccc(OCC)cc4)s3)s2)cc1.CC(C)Oc1ccc(-c2ccc(-c3ccc(-c4ccc(OC(C)C)cc4)s3)s2)cc1.COc1ccc(-c2ccc(-c3ccc(-c4ccc(OC)cc4)s3)s2)cc1.[HH].[HH].[HH].[HH].[HH].[HH].[HH].[HH].[HH].[HH]. The lowest BCUT2D eigenvalue weighted by Crippen LogP contribution is -2.05. The molecule has 0 aliphatic heterocycles. The molecular weight excluding hydrogens is 1680 g/mol. The van der Waals surface area contributed by atoms with Crippen molar-refractivity contribution in [1.29, 1.82) is 0 Å². The van der Waals surface area contributed by atoms with Crippen molar-refractivity contribution in [3.05, 3.63) is 291 Å². The Morgan fingerprint density at radius 3 is 0.774 bits per heavy atom. The van der Waals surface area contributed by atoms with Crippen molar-refractivity contribution in [3.63, 3.8) is 0 Å². The lowest BCUT2D eigenvalue weighted by Gasteiger charge is -2.09. The molecule has 0 unspecified atom stereocenters. The number of hydrogen-bond donors (Lipinski definition) is 0. The van der Waals surface area contributed by atoms with E-state index in [1.807, 2.05) is 200 Å². The third-order valence-corrected chi connectivity index (χ3v) is 28.8. The Kier molecular flexibility index (Phi) is 33.2. The van der Waals surface area contributed by atoms with Gasteiger partial charge in [0.05, 0.1) is 39.6 Å². The predicted octanol–water partition coefficient (Wildman–Crippen LogP) is 34.4. The van der Waals surface area contributed by atoms with Crippen molar-refractivity contribution in [3.8, 4) is 229 Å². The Bertz CT molecular complexity index is 6190. The predicted molar refractivity (Wildman–Crippen MR) is 552 cm³/mol. The van der Waals surface area contributed by atoms with Gasteiger partial charge in [0.1, 0.15) is 58.2 Å². The first kappa shape index (κ1) is 89.3. The molecule has 0 fully saturated rings. The van der Waals surface area contributed by atoms with E-state index in [1.165, 1.54) is 144 Å². The number of thiophene rings is 8. The Morgan fingerprint density at radius 2 is 0.500 bits per heavy atom. The zero-order chi connectivity index (χ0) is 86.2. The molecule has 0 spiro atoms. The maximum Gasteiger partial charge on any atom is 0.140 e. The monoisotopic (exact) mass is 1790 g/mol. The molecule has 0 N–H and O–H groups in total. The molecule has 16 rings (SSSR count). The van der Waals surface area contributed by atoms with E-state index in [-0.39, 0.29) is 26.5 Å². The van der Waals surface area contributed by atoms with Gasteiger partial charge in [-0.3, -0.25) is 0 Å². The summed E-state index contributed by atoms with van der Waals surface area (Å²) in [4.78, 5) is 20.2. The van der Waals surface area contributed by atoms with Crippen LogP contribution in [0.4, 0.5) is 0 Å². The molecular formula is C108H112O8S8. The van der Waals surface area contributed by atoms with Gasteiger partial charge in [0.15, 0.2) is 0 Å². The van der Waals surface area contributed by atoms with Crippen molar-refractivity contribution in [2.24, 2.45) is 0 Å². The first-order valence-corrected chi connectivity index (χ1v) is 47.4. The van der Waals surface area contributed by atoms with E-state index >= 15 is 0 Å². The molecule has 8 heterocycles. The van der Waals surface area contributed by atoms with Gasteiger partial charge in [-0.15, -0.1) is 97.1 Å². The molecule has 640 valence electrons. The van der Waals surface area contributed by atoms with Crippen molar-refractivity contribution < 1.29 is 52.2 Å². The van der Waals surface area contributed by atoms with Crippen molar-refractivity contribution in [2.45, 2.75) is 92.3 Å². The van der Waals surface area contributed by atoms with Crippen molar-refractivity contribution in [2.75, 3.05) is 27.4 Å². The fourth-order valence-electron chi connectivity index (χ4n) is 12.8. The van der Waals surface area contributed by atoms with Crippen LogP contribution < -0.4 is 37.9 Å². The molecule has 8 aromatic carbocycles. The van der Waals surface area contributed by atoms with Gasteiger partial charge in [-0.2, -0.15) is 0 Å². The van der Waals surface area contributed by atoms with Crippen LogP contribution >= 0.6 is 90.7 Å². The normalized spacial score (nSPS) is 10.5. The summed E-state index contributed by atoms with van der Waals surface area (Å²) in [5.74, 6) is 21.6. The smallest absolute Gasteiger partial charge is 0.140 e. The van der Waals surface area contributed by atoms with Crippen LogP contribution in [-0.4, -0.2) is 39.6 Å². The number of unbranched alkanes of at least 4 members (excludes halogenated alkanes) is 5. The summed E-state index contributed by atoms with van der Waals surface area (Å²) in [5, 5.41) is 0. The fourth-order valence-corrected chi connectivity index (χ4v) is 21.3. The van der Waals surface area contributed by atoms with Crippen LogP contribution in [0.25, 0.3) is 123 Å². The fraction of sp³-hybridized carbons (Fsp3) is 0.167. The highest BCUT2D eigenvalue weighted by molar-refractivity contribution is 7.27. The molecule has 16 aromatic rings. The van der Waals surface area contributed by atoms with Crippen LogP contribution in [0.5, 0.6) is 46.0 Å². The largest absolute Gasteiger partial charge is 0.497 e. The minimum atomic E-state index is 0. The van der Waals surface area contributed by atoms with E-state index in [1.54, 1.807) is 48.2 Å². The molecule has 16 heteroatoms. The highest BCUT2D eigenvalue weighted by atomic mass is 32.1. The molecule has 8 aromatic heterocycles. The van der Waals surface area contributed by atoms with E-state index in [9.17, 15) is 0 Å². The van der Waals surface area contributed by atoms with E-state index in [4.69, 9.17) is 50.7 Å². The van der Waals surface area contributed by atoms with Crippen LogP contribution in [0.3, 0.4) is 0 Å². The van der Waals surface area contributed by atoms with Crippen LogP contribution in [0.1, 0.15) is 94.3 Å². The average molecular weight is 1790 g/mol. The number of benzene rings is 8. The number of ether oxygens (including phenoxy) is 8. The molecule has 0 radical (unpaired) electrons. The molecule has 124 heavy (non-hydrogen) atoms. The van der Waals surface area contributed by atoms with E-state index in [0.717, 1.165) is 58.7 Å². The van der Waals surface area contributed by atoms with Gasteiger partial charge >= 0.3 is 0 Å². The maximum atomic E-state index is 5.95. The second kappa shape index (κ2) is 46.2. The topological polar surface area (TPSA) is 73.8 Å². The zero-order valence-corrected chi connectivity index (χ0v) is 76.7. The van der Waals surface area contributed by atoms with Gasteiger partial charge in [0.25, 0.3) is 0 Å². The van der Waals surface area contributed by atoms with E-state index in [2.05, 4.69) is 237 Å². The van der Waals surface area contributed by atoms with Crippen LogP contribution in [0.15, 0.2) is 291 Å². The van der Waals surface area contributed by atoms with Gasteiger partial charge in [0, 0.05) is 110 Å². The summed E-state index contributed by atoms with van der Waals surface area (Å²) >= 11 is 14.5. The molecule has 0 saturated heterocycles. The highest BCUT2D eigenvalue weighted by Crippen LogP contribution is 2.46. The summed E-state index contributed by atoms with van der Waals surface area (Å²) < 4.78 is 43.9. The second-order valence-corrected chi connectivity index (χ2v) is 37.2. The first-order chi connectivity index (χ1) is 60.8. The van der Waals surface area contributed by atoms with Gasteiger partial charge in [-0.1, -0.05) is 45.5 Å². The summed E-state index contributed by atoms with van der Waals surface area (Å²) in [6.45, 7) is 13.9. The Labute approximate surface area is 776 Å². The number of rotatable bonds is 30. The zero-order valence-electron chi connectivity index (χ0n) is 70.2. The van der Waals surface area contributed by atoms with Gasteiger partial charge in [-0.05, 0) is 394 Å². The van der Waals surface area contributed by atoms with Gasteiger partial charge < -0.3 is 37.9 Å². The first-order valence-electron chi connectivity index (χ1n) is 40.8. The third kappa shape index (κ3) is 25.8. The minimum absolute atomic E-state index is 0. The Hall–Kier alpha value is -12.4. The van der Waals surface area contributed by atoms with Crippen molar-refractivity contribution >= 4 is 90.7 Å².